The highest BCUT2D eigenvalue weighted by Crippen LogP contribution is 1.66. The van der Waals surface area contributed by atoms with Gasteiger partial charge in [0, 0.05) is 13.2 Å². The number of aromatic nitrogens is 3. The minimum Gasteiger partial charge on any atom is -0.256 e. The maximum absolute atomic E-state index is 3.58. The van der Waals surface area contributed by atoms with Crippen molar-refractivity contribution in [2.24, 2.45) is 7.05 Å². The fourth-order valence-corrected chi connectivity index (χ4v) is 0.267. The van der Waals surface area contributed by atoms with E-state index in [1.807, 2.05) is 7.05 Å². The minimum absolute atomic E-state index is 1.64. The summed E-state index contributed by atoms with van der Waals surface area (Å²) >= 11 is 0. The molecule has 1 aromatic rings. The SMILES string of the molecule is [11CH3]n1ccnn1. The van der Waals surface area contributed by atoms with Gasteiger partial charge in [-0.05, 0) is 0 Å². The van der Waals surface area contributed by atoms with Crippen molar-refractivity contribution in [1.82, 2.24) is 15.0 Å². The lowest BCUT2D eigenvalue weighted by molar-refractivity contribution is 0.715. The fourth-order valence-electron chi connectivity index (χ4n) is 0.267. The van der Waals surface area contributed by atoms with Gasteiger partial charge in [0.05, 0.1) is 6.20 Å². The van der Waals surface area contributed by atoms with Crippen molar-refractivity contribution >= 4 is 0 Å². The number of hydrogen-bond donors (Lipinski definition) is 0. The van der Waals surface area contributed by atoms with Crippen LogP contribution in [0.2, 0.25) is 0 Å². The Morgan fingerprint density at radius 2 is 2.50 bits per heavy atom. The molecule has 1 heterocycles. The van der Waals surface area contributed by atoms with Gasteiger partial charge in [0.1, 0.15) is 0 Å². The summed E-state index contributed by atoms with van der Waals surface area (Å²) in [5, 5.41) is 7.12. The minimum atomic E-state index is 1.64. The molecule has 3 heteroatoms. The van der Waals surface area contributed by atoms with E-state index in [1.165, 1.54) is 0 Å². The number of rotatable bonds is 0. The van der Waals surface area contributed by atoms with E-state index in [1.54, 1.807) is 17.1 Å². The number of aryl methyl sites for hydroxylation is 1. The van der Waals surface area contributed by atoms with Crippen molar-refractivity contribution < 1.29 is 0 Å². The monoisotopic (exact) mass is 82.1 g/mol. The molecule has 0 fully saturated rings. The molecule has 0 saturated carbocycles. The van der Waals surface area contributed by atoms with Gasteiger partial charge in [-0.1, -0.05) is 5.21 Å². The summed E-state index contributed by atoms with van der Waals surface area (Å²) in [6.45, 7) is 0. The Kier molecular flexibility index (Phi) is 0.602. The van der Waals surface area contributed by atoms with E-state index in [4.69, 9.17) is 0 Å². The van der Waals surface area contributed by atoms with Crippen molar-refractivity contribution in [1.29, 1.82) is 0 Å². The van der Waals surface area contributed by atoms with Gasteiger partial charge in [0.2, 0.25) is 0 Å². The van der Waals surface area contributed by atoms with Gasteiger partial charge in [-0.2, -0.15) is 0 Å². The second kappa shape index (κ2) is 1.08. The Hall–Kier alpha value is -0.860. The smallest absolute Gasteiger partial charge is 0.0692 e. The quantitative estimate of drug-likeness (QED) is 0.434. The molecule has 0 aliphatic rings. The molecular formula is C3H5N3. The van der Waals surface area contributed by atoms with Crippen molar-refractivity contribution in [3.8, 4) is 0 Å². The molecule has 0 aliphatic carbocycles. The third kappa shape index (κ3) is 0.381. The lowest BCUT2D eigenvalue weighted by Gasteiger charge is -1.74. The predicted molar refractivity (Wildman–Crippen MR) is 21.0 cm³/mol. The van der Waals surface area contributed by atoms with Crippen molar-refractivity contribution in [3.05, 3.63) is 12.4 Å². The lowest BCUT2D eigenvalue weighted by Crippen LogP contribution is -1.85. The standard InChI is InChI=1S/C3H5N3/c1-6-3-2-4-5-6/h2-3H,1H3/i1-1. The molecule has 0 saturated heterocycles. The zero-order valence-electron chi connectivity index (χ0n) is 3.50. The topological polar surface area (TPSA) is 30.7 Å². The van der Waals surface area contributed by atoms with Gasteiger partial charge in [-0.15, -0.1) is 5.10 Å². The van der Waals surface area contributed by atoms with E-state index in [2.05, 4.69) is 10.3 Å². The Labute approximate surface area is 35.6 Å². The molecule has 0 bridgehead atoms. The zero-order chi connectivity index (χ0) is 4.41. The van der Waals surface area contributed by atoms with Crippen LogP contribution in [-0.2, 0) is 7.05 Å². The molecule has 1 aromatic heterocycles. The van der Waals surface area contributed by atoms with E-state index < -0.39 is 0 Å². The van der Waals surface area contributed by atoms with Crippen LogP contribution in [0.1, 0.15) is 0 Å². The fraction of sp³-hybridized carbons (Fsp3) is 0.333. The summed E-state index contributed by atoms with van der Waals surface area (Å²) in [5.74, 6) is 0. The summed E-state index contributed by atoms with van der Waals surface area (Å²) < 4.78 is 1.64. The molecule has 0 aliphatic heterocycles. The van der Waals surface area contributed by atoms with Crippen LogP contribution in [0.5, 0.6) is 0 Å². The first-order chi connectivity index (χ1) is 2.89. The Bertz CT molecular complexity index is 110. The first-order valence-electron chi connectivity index (χ1n) is 1.70. The van der Waals surface area contributed by atoms with Gasteiger partial charge < -0.3 is 0 Å². The maximum Gasteiger partial charge on any atom is 0.0692 e. The van der Waals surface area contributed by atoms with E-state index in [0.29, 0.717) is 0 Å². The molecule has 6 heavy (non-hydrogen) atoms. The average Bonchev–Trinajstić information content (AvgIpc) is 1.86. The molecule has 32 valence electrons. The van der Waals surface area contributed by atoms with Crippen molar-refractivity contribution in [3.63, 3.8) is 0 Å². The summed E-state index contributed by atoms with van der Waals surface area (Å²) in [6, 6.07) is 0. The molecule has 0 unspecified atom stereocenters. The number of hydrogen-bond acceptors (Lipinski definition) is 2. The van der Waals surface area contributed by atoms with Crippen molar-refractivity contribution in [2.45, 2.75) is 0 Å². The Balaban J connectivity index is 3.05. The van der Waals surface area contributed by atoms with Gasteiger partial charge in [0.25, 0.3) is 0 Å². The van der Waals surface area contributed by atoms with Crippen LogP contribution in [0, 0.1) is 0 Å². The second-order valence-corrected chi connectivity index (χ2v) is 1.08. The summed E-state index contributed by atoms with van der Waals surface area (Å²) in [6.07, 6.45) is 3.42. The Morgan fingerprint density at radius 3 is 2.67 bits per heavy atom. The van der Waals surface area contributed by atoms with Crippen LogP contribution in [0.3, 0.4) is 0 Å². The summed E-state index contributed by atoms with van der Waals surface area (Å²) in [4.78, 5) is 0. The highest BCUT2D eigenvalue weighted by atomic mass is 15.4. The first kappa shape index (κ1) is 3.33. The molecule has 0 radical (unpaired) electrons. The zero-order valence-corrected chi connectivity index (χ0v) is 3.50. The highest BCUT2D eigenvalue weighted by Gasteiger charge is 1.70. The van der Waals surface area contributed by atoms with Crippen LogP contribution < -0.4 is 0 Å². The summed E-state index contributed by atoms with van der Waals surface area (Å²) in [5.41, 5.74) is 0. The molecule has 0 atom stereocenters. The first-order valence-corrected chi connectivity index (χ1v) is 1.70. The van der Waals surface area contributed by atoms with E-state index in [0.717, 1.165) is 0 Å². The summed E-state index contributed by atoms with van der Waals surface area (Å²) in [7, 11) is 1.83. The van der Waals surface area contributed by atoms with E-state index >= 15 is 0 Å². The molecule has 0 aromatic carbocycles. The van der Waals surface area contributed by atoms with Crippen LogP contribution in [-0.4, -0.2) is 15.0 Å². The molecule has 0 spiro atoms. The molecule has 0 N–H and O–H groups in total. The van der Waals surface area contributed by atoms with Crippen molar-refractivity contribution in [2.75, 3.05) is 0 Å². The third-order valence-electron chi connectivity index (χ3n) is 0.542. The molecule has 3 nitrogen and oxygen atoms in total. The van der Waals surface area contributed by atoms with Gasteiger partial charge in [0.15, 0.2) is 0 Å². The van der Waals surface area contributed by atoms with Gasteiger partial charge in [-0.3, -0.25) is 4.68 Å². The normalized spacial score (nSPS) is 8.83. The highest BCUT2D eigenvalue weighted by molar-refractivity contribution is 4.59. The van der Waals surface area contributed by atoms with Crippen LogP contribution in [0.15, 0.2) is 12.4 Å². The lowest BCUT2D eigenvalue weighted by atomic mass is 10.6. The molecule has 0 amide bonds. The second-order valence-electron chi connectivity index (χ2n) is 1.08. The largest absolute Gasteiger partial charge is 0.256 e. The van der Waals surface area contributed by atoms with Gasteiger partial charge in [-0.25, -0.2) is 0 Å². The molecule has 1 rings (SSSR count). The molecular weight excluding hydrogens is 77.1 g/mol. The third-order valence-corrected chi connectivity index (χ3v) is 0.542. The van der Waals surface area contributed by atoms with E-state index in [9.17, 15) is 0 Å². The van der Waals surface area contributed by atoms with Gasteiger partial charge >= 0.3 is 0 Å². The van der Waals surface area contributed by atoms with E-state index in [-0.39, 0.29) is 0 Å². The maximum atomic E-state index is 3.58. The van der Waals surface area contributed by atoms with Crippen LogP contribution >= 0.6 is 0 Å². The Morgan fingerprint density at radius 1 is 1.67 bits per heavy atom. The van der Waals surface area contributed by atoms with Crippen LogP contribution in [0.4, 0.5) is 0 Å². The predicted octanol–water partition coefficient (Wildman–Crippen LogP) is -0.185. The average molecular weight is 82.1 g/mol. The van der Waals surface area contributed by atoms with Crippen LogP contribution in [0.25, 0.3) is 0 Å². The number of nitrogens with zero attached hydrogens (tertiary/aromatic N) is 3.